The molecule has 1 unspecified atom stereocenters. The number of carbonyl (C=O) groups excluding carboxylic acids is 3. The minimum Gasteiger partial charge on any atom is -0.466 e. The van der Waals surface area contributed by atoms with Crippen LogP contribution in [0.2, 0.25) is 0 Å². The first kappa shape index (κ1) is 29.7. The van der Waals surface area contributed by atoms with Crippen LogP contribution in [0.5, 0.6) is 0 Å². The summed E-state index contributed by atoms with van der Waals surface area (Å²) in [5.74, 6) is -0.770. The summed E-state index contributed by atoms with van der Waals surface area (Å²) >= 11 is 0. The average Bonchev–Trinajstić information content (AvgIpc) is 2.77. The number of unbranched alkanes of at least 4 members (excludes halogenated alkanes) is 5. The molecule has 1 aromatic carbocycles. The lowest BCUT2D eigenvalue weighted by atomic mass is 9.83. The van der Waals surface area contributed by atoms with Crippen LogP contribution in [-0.4, -0.2) is 36.6 Å². The van der Waals surface area contributed by atoms with E-state index in [1.54, 1.807) is 0 Å². The summed E-state index contributed by atoms with van der Waals surface area (Å²) in [6, 6.07) is 8.77. The number of amides is 1. The third-order valence-electron chi connectivity index (χ3n) is 6.17. The Kier molecular flexibility index (Phi) is 14.9. The number of esters is 2. The number of aryl methyl sites for hydroxylation is 2. The molecule has 6 heteroatoms. The summed E-state index contributed by atoms with van der Waals surface area (Å²) in [6.45, 7) is 7.05. The van der Waals surface area contributed by atoms with Gasteiger partial charge in [-0.15, -0.1) is 0 Å². The Morgan fingerprint density at radius 2 is 1.26 bits per heavy atom. The molecule has 0 fully saturated rings. The van der Waals surface area contributed by atoms with Crippen LogP contribution in [0.15, 0.2) is 24.3 Å². The fourth-order valence-electron chi connectivity index (χ4n) is 4.32. The molecule has 0 aromatic heterocycles. The van der Waals surface area contributed by atoms with Crippen LogP contribution >= 0.6 is 0 Å². The third kappa shape index (κ3) is 14.0. The normalized spacial score (nSPS) is 12.6. The minimum atomic E-state index is -0.529. The quantitative estimate of drug-likeness (QED) is 0.218. The molecular formula is C28H45NO5. The van der Waals surface area contributed by atoms with Crippen LogP contribution in [-0.2, 0) is 36.7 Å². The van der Waals surface area contributed by atoms with Crippen molar-refractivity contribution in [3.63, 3.8) is 0 Å². The van der Waals surface area contributed by atoms with Crippen molar-refractivity contribution in [3.8, 4) is 0 Å². The third-order valence-corrected chi connectivity index (χ3v) is 6.17. The van der Waals surface area contributed by atoms with E-state index >= 15 is 0 Å². The van der Waals surface area contributed by atoms with Crippen molar-refractivity contribution in [3.05, 3.63) is 35.4 Å². The fourth-order valence-corrected chi connectivity index (χ4v) is 4.32. The molecule has 1 aromatic rings. The zero-order valence-electron chi connectivity index (χ0n) is 21.8. The lowest BCUT2D eigenvalue weighted by molar-refractivity contribution is -0.143. The Labute approximate surface area is 206 Å². The highest BCUT2D eigenvalue weighted by Gasteiger charge is 2.30. The summed E-state index contributed by atoms with van der Waals surface area (Å²) in [5, 5.41) is 3.11. The van der Waals surface area contributed by atoms with E-state index in [0.29, 0.717) is 32.3 Å². The number of hydrogen-bond donors (Lipinski definition) is 1. The highest BCUT2D eigenvalue weighted by Crippen LogP contribution is 2.25. The number of nitrogens with one attached hydrogen (secondary N) is 1. The highest BCUT2D eigenvalue weighted by atomic mass is 16.5. The van der Waals surface area contributed by atoms with Crippen molar-refractivity contribution in [2.75, 3.05) is 13.2 Å². The second-order valence-electron chi connectivity index (χ2n) is 9.33. The monoisotopic (exact) mass is 475 g/mol. The topological polar surface area (TPSA) is 81.7 Å². The highest BCUT2D eigenvalue weighted by molar-refractivity contribution is 5.73. The van der Waals surface area contributed by atoms with Gasteiger partial charge in [-0.2, -0.15) is 0 Å². The van der Waals surface area contributed by atoms with Gasteiger partial charge in [-0.05, 0) is 49.7 Å². The summed E-state index contributed by atoms with van der Waals surface area (Å²) in [7, 11) is 0. The molecule has 0 saturated heterocycles. The molecule has 6 nitrogen and oxygen atoms in total. The number of hydrogen-bond acceptors (Lipinski definition) is 5. The van der Waals surface area contributed by atoms with Gasteiger partial charge in [0.15, 0.2) is 0 Å². The molecule has 34 heavy (non-hydrogen) atoms. The standard InChI is InChI=1S/C28H45NO5/c1-5-6-7-8-9-10-12-26-13-15-27(16-14-26)17-19-28(29-23(2)30,20-22-34-25(4)32)18-11-21-33-24(3)31/h13-16H,5-12,17-22H2,1-4H3,(H,29,30). The van der Waals surface area contributed by atoms with Gasteiger partial charge in [-0.25, -0.2) is 0 Å². The molecule has 1 atom stereocenters. The van der Waals surface area contributed by atoms with E-state index in [2.05, 4.69) is 36.5 Å². The zero-order chi connectivity index (χ0) is 25.2. The number of ether oxygens (including phenoxy) is 2. The van der Waals surface area contributed by atoms with Gasteiger partial charge in [0.1, 0.15) is 0 Å². The molecular weight excluding hydrogens is 430 g/mol. The Bertz CT molecular complexity index is 731. The molecule has 0 aliphatic rings. The number of rotatable bonds is 18. The van der Waals surface area contributed by atoms with Crippen molar-refractivity contribution in [2.24, 2.45) is 0 Å². The van der Waals surface area contributed by atoms with Crippen LogP contribution in [0.1, 0.15) is 103 Å². The van der Waals surface area contributed by atoms with Crippen molar-refractivity contribution in [1.29, 1.82) is 0 Å². The molecule has 0 bridgehead atoms. The maximum absolute atomic E-state index is 12.0. The van der Waals surface area contributed by atoms with Crippen molar-refractivity contribution >= 4 is 17.8 Å². The maximum Gasteiger partial charge on any atom is 0.302 e. The molecule has 0 aliphatic carbocycles. The summed E-state index contributed by atoms with van der Waals surface area (Å²) in [4.78, 5) is 34.4. The summed E-state index contributed by atoms with van der Waals surface area (Å²) < 4.78 is 10.3. The first-order chi connectivity index (χ1) is 16.3. The van der Waals surface area contributed by atoms with Crippen LogP contribution in [0.4, 0.5) is 0 Å². The fraction of sp³-hybridized carbons (Fsp3) is 0.679. The largest absolute Gasteiger partial charge is 0.466 e. The van der Waals surface area contributed by atoms with Gasteiger partial charge >= 0.3 is 11.9 Å². The van der Waals surface area contributed by atoms with E-state index in [4.69, 9.17) is 9.47 Å². The zero-order valence-corrected chi connectivity index (χ0v) is 21.8. The van der Waals surface area contributed by atoms with Gasteiger partial charge in [0.2, 0.25) is 5.91 Å². The van der Waals surface area contributed by atoms with E-state index in [-0.39, 0.29) is 24.5 Å². The van der Waals surface area contributed by atoms with Gasteiger partial charge in [0.05, 0.1) is 13.2 Å². The van der Waals surface area contributed by atoms with E-state index in [1.807, 2.05) is 0 Å². The molecule has 0 saturated carbocycles. The molecule has 0 radical (unpaired) electrons. The number of carbonyl (C=O) groups is 3. The number of benzene rings is 1. The predicted molar refractivity (Wildman–Crippen MR) is 136 cm³/mol. The molecule has 1 amide bonds. The Morgan fingerprint density at radius 3 is 1.85 bits per heavy atom. The van der Waals surface area contributed by atoms with Gasteiger partial charge in [-0.1, -0.05) is 63.3 Å². The Balaban J connectivity index is 2.71. The molecule has 1 rings (SSSR count). The molecule has 0 aliphatic heterocycles. The van der Waals surface area contributed by atoms with E-state index in [0.717, 1.165) is 12.8 Å². The summed E-state index contributed by atoms with van der Waals surface area (Å²) in [6.07, 6.45) is 12.2. The van der Waals surface area contributed by atoms with Gasteiger partial charge in [0.25, 0.3) is 0 Å². The molecule has 1 N–H and O–H groups in total. The van der Waals surface area contributed by atoms with Gasteiger partial charge < -0.3 is 14.8 Å². The lowest BCUT2D eigenvalue weighted by Gasteiger charge is -2.35. The predicted octanol–water partition coefficient (Wildman–Crippen LogP) is 5.69. The second kappa shape index (κ2) is 17.1. The van der Waals surface area contributed by atoms with Gasteiger partial charge in [0, 0.05) is 32.7 Å². The summed E-state index contributed by atoms with van der Waals surface area (Å²) in [5.41, 5.74) is 2.05. The Hall–Kier alpha value is -2.37. The van der Waals surface area contributed by atoms with Gasteiger partial charge in [-0.3, -0.25) is 14.4 Å². The smallest absolute Gasteiger partial charge is 0.302 e. The van der Waals surface area contributed by atoms with E-state index in [1.165, 1.54) is 70.4 Å². The van der Waals surface area contributed by atoms with Crippen LogP contribution in [0.3, 0.4) is 0 Å². The molecule has 0 heterocycles. The average molecular weight is 476 g/mol. The van der Waals surface area contributed by atoms with Crippen molar-refractivity contribution in [2.45, 2.75) is 110 Å². The molecule has 192 valence electrons. The van der Waals surface area contributed by atoms with Crippen molar-refractivity contribution < 1.29 is 23.9 Å². The SMILES string of the molecule is CCCCCCCCc1ccc(CCC(CCCOC(C)=O)(CCOC(C)=O)NC(C)=O)cc1. The van der Waals surface area contributed by atoms with Crippen LogP contribution in [0, 0.1) is 0 Å². The first-order valence-electron chi connectivity index (χ1n) is 12.9. The second-order valence-corrected chi connectivity index (χ2v) is 9.33. The Morgan fingerprint density at radius 1 is 0.706 bits per heavy atom. The van der Waals surface area contributed by atoms with Crippen LogP contribution < -0.4 is 5.32 Å². The van der Waals surface area contributed by atoms with Crippen LogP contribution in [0.25, 0.3) is 0 Å². The van der Waals surface area contributed by atoms with E-state index in [9.17, 15) is 14.4 Å². The minimum absolute atomic E-state index is 0.121. The lowest BCUT2D eigenvalue weighted by Crippen LogP contribution is -2.49. The van der Waals surface area contributed by atoms with E-state index < -0.39 is 5.54 Å². The first-order valence-corrected chi connectivity index (χ1v) is 12.9. The van der Waals surface area contributed by atoms with Crippen molar-refractivity contribution in [1.82, 2.24) is 5.32 Å². The maximum atomic E-state index is 12.0. The molecule has 0 spiro atoms.